The van der Waals surface area contributed by atoms with E-state index in [1.165, 1.54) is 43.8 Å². The van der Waals surface area contributed by atoms with Crippen molar-refractivity contribution < 1.29 is 0 Å². The van der Waals surface area contributed by atoms with Gasteiger partial charge in [-0.15, -0.1) is 0 Å². The molecule has 0 spiro atoms. The van der Waals surface area contributed by atoms with Gasteiger partial charge in [0.15, 0.2) is 0 Å². The zero-order chi connectivity index (χ0) is 20.3. The summed E-state index contributed by atoms with van der Waals surface area (Å²) in [7, 11) is 0. The van der Waals surface area contributed by atoms with E-state index in [0.29, 0.717) is 0 Å². The number of fused-ring (bicyclic) bond motifs is 2. The van der Waals surface area contributed by atoms with E-state index in [4.69, 9.17) is 0 Å². The smallest absolute Gasteiger partial charge is 0.0330 e. The minimum absolute atomic E-state index is 0.843. The lowest BCUT2D eigenvalue weighted by molar-refractivity contribution is 1.28. The van der Waals surface area contributed by atoms with Gasteiger partial charge in [0, 0.05) is 17.4 Å². The van der Waals surface area contributed by atoms with Crippen LogP contribution in [0.25, 0.3) is 43.8 Å². The van der Waals surface area contributed by atoms with Crippen molar-refractivity contribution in [1.82, 2.24) is 0 Å². The summed E-state index contributed by atoms with van der Waals surface area (Å²) in [6.45, 7) is 2.10. The molecular formula is C30H22. The molecule has 0 unspecified atom stereocenters. The lowest BCUT2D eigenvalue weighted by Gasteiger charge is -2.18. The lowest BCUT2D eigenvalue weighted by Crippen LogP contribution is -1.93. The highest BCUT2D eigenvalue weighted by atomic mass is 14.2. The second kappa shape index (κ2) is 7.90. The molecule has 0 heterocycles. The Balaban J connectivity index is 2.05. The summed E-state index contributed by atoms with van der Waals surface area (Å²) in [5, 5.41) is 5.03. The molecule has 5 rings (SSSR count). The third-order valence-corrected chi connectivity index (χ3v) is 5.57. The number of hydrogen-bond acceptors (Lipinski definition) is 0. The van der Waals surface area contributed by atoms with Crippen molar-refractivity contribution >= 4 is 21.5 Å². The Bertz CT molecular complexity index is 1400. The maximum Gasteiger partial charge on any atom is 0.0330 e. The predicted molar refractivity (Wildman–Crippen MR) is 129 cm³/mol. The van der Waals surface area contributed by atoms with Crippen LogP contribution in [0.1, 0.15) is 18.9 Å². The average Bonchev–Trinajstić information content (AvgIpc) is 2.82. The van der Waals surface area contributed by atoms with Crippen molar-refractivity contribution in [3.8, 4) is 34.1 Å². The van der Waals surface area contributed by atoms with E-state index in [1.807, 2.05) is 0 Å². The second-order valence-corrected chi connectivity index (χ2v) is 7.41. The Hall–Kier alpha value is -3.82. The van der Waals surface area contributed by atoms with Crippen LogP contribution in [0.4, 0.5) is 0 Å². The highest BCUT2D eigenvalue weighted by molar-refractivity contribution is 6.22. The molecule has 5 aromatic carbocycles. The van der Waals surface area contributed by atoms with Crippen molar-refractivity contribution in [1.29, 1.82) is 0 Å². The van der Waals surface area contributed by atoms with Gasteiger partial charge in [0.05, 0.1) is 0 Å². The van der Waals surface area contributed by atoms with E-state index in [1.54, 1.807) is 0 Å². The first-order valence-electron chi connectivity index (χ1n) is 10.5. The van der Waals surface area contributed by atoms with Crippen molar-refractivity contribution in [2.24, 2.45) is 0 Å². The summed E-state index contributed by atoms with van der Waals surface area (Å²) in [6, 6.07) is 36.7. The third kappa shape index (κ3) is 3.06. The zero-order valence-electron chi connectivity index (χ0n) is 17.0. The Morgan fingerprint density at radius 3 is 1.70 bits per heavy atom. The molecule has 0 N–H and O–H groups in total. The van der Waals surface area contributed by atoms with Gasteiger partial charge in [0.1, 0.15) is 0 Å². The lowest BCUT2D eigenvalue weighted by atomic mass is 9.84. The molecule has 0 aromatic heterocycles. The van der Waals surface area contributed by atoms with Gasteiger partial charge in [-0.05, 0) is 44.5 Å². The molecule has 5 aromatic rings. The first-order valence-corrected chi connectivity index (χ1v) is 10.5. The van der Waals surface area contributed by atoms with E-state index in [9.17, 15) is 0 Å². The third-order valence-electron chi connectivity index (χ3n) is 5.57. The van der Waals surface area contributed by atoms with Gasteiger partial charge >= 0.3 is 0 Å². The van der Waals surface area contributed by atoms with E-state index in [0.717, 1.165) is 12.0 Å². The number of rotatable bonds is 2. The molecule has 0 aliphatic carbocycles. The summed E-state index contributed by atoms with van der Waals surface area (Å²) < 4.78 is 0. The van der Waals surface area contributed by atoms with Crippen LogP contribution in [-0.4, -0.2) is 0 Å². The largest absolute Gasteiger partial charge is 0.0982 e. The maximum absolute atomic E-state index is 3.44. The summed E-state index contributed by atoms with van der Waals surface area (Å²) in [4.78, 5) is 0. The van der Waals surface area contributed by atoms with Crippen molar-refractivity contribution in [2.75, 3.05) is 0 Å². The Labute approximate surface area is 177 Å². The molecule has 0 bridgehead atoms. The van der Waals surface area contributed by atoms with Crippen molar-refractivity contribution in [3.63, 3.8) is 0 Å². The van der Waals surface area contributed by atoms with Crippen LogP contribution in [0.15, 0.2) is 103 Å². The Kier molecular flexibility index (Phi) is 4.80. The highest BCUT2D eigenvalue weighted by Gasteiger charge is 2.17. The van der Waals surface area contributed by atoms with E-state index in [-0.39, 0.29) is 0 Å². The Morgan fingerprint density at radius 1 is 0.533 bits per heavy atom. The fourth-order valence-electron chi connectivity index (χ4n) is 4.34. The molecule has 0 aliphatic rings. The van der Waals surface area contributed by atoms with E-state index in [2.05, 4.69) is 122 Å². The molecule has 0 saturated carbocycles. The number of benzene rings is 5. The fourth-order valence-corrected chi connectivity index (χ4v) is 4.34. The fraction of sp³-hybridized carbons (Fsp3) is 0.0667. The van der Waals surface area contributed by atoms with Crippen LogP contribution in [-0.2, 0) is 0 Å². The molecule has 0 aliphatic heterocycles. The minimum Gasteiger partial charge on any atom is -0.0982 e. The predicted octanol–water partition coefficient (Wildman–Crippen LogP) is 8.09. The monoisotopic (exact) mass is 382 g/mol. The zero-order valence-corrected chi connectivity index (χ0v) is 17.0. The standard InChI is InChI=1S/C30H22/c1-2-3-13-23-18-12-21-27-28(22-14-6-4-7-15-22)25-19-10-11-20-26(25)29(30(23)27)24-16-8-5-9-17-24/h4-12,14-21H,2H2,1H3. The van der Waals surface area contributed by atoms with Crippen LogP contribution in [0, 0.1) is 11.8 Å². The van der Waals surface area contributed by atoms with Gasteiger partial charge in [-0.1, -0.05) is 116 Å². The molecular weight excluding hydrogens is 360 g/mol. The molecule has 30 heavy (non-hydrogen) atoms. The van der Waals surface area contributed by atoms with Gasteiger partial charge < -0.3 is 0 Å². The first-order chi connectivity index (χ1) is 14.9. The minimum atomic E-state index is 0.843. The molecule has 0 saturated heterocycles. The van der Waals surface area contributed by atoms with Crippen LogP contribution < -0.4 is 0 Å². The second-order valence-electron chi connectivity index (χ2n) is 7.41. The van der Waals surface area contributed by atoms with Gasteiger partial charge in [0.25, 0.3) is 0 Å². The van der Waals surface area contributed by atoms with Gasteiger partial charge in [-0.2, -0.15) is 0 Å². The topological polar surface area (TPSA) is 0 Å². The van der Waals surface area contributed by atoms with Gasteiger partial charge in [0.2, 0.25) is 0 Å². The van der Waals surface area contributed by atoms with Gasteiger partial charge in [-0.3, -0.25) is 0 Å². The van der Waals surface area contributed by atoms with Crippen molar-refractivity contribution in [3.05, 3.63) is 109 Å². The number of hydrogen-bond donors (Lipinski definition) is 0. The van der Waals surface area contributed by atoms with E-state index < -0.39 is 0 Å². The quantitative estimate of drug-likeness (QED) is 0.214. The van der Waals surface area contributed by atoms with Crippen LogP contribution in [0.2, 0.25) is 0 Å². The Morgan fingerprint density at radius 2 is 1.07 bits per heavy atom. The van der Waals surface area contributed by atoms with E-state index >= 15 is 0 Å². The molecule has 0 amide bonds. The summed E-state index contributed by atoms with van der Waals surface area (Å²) in [6.07, 6.45) is 0.843. The SMILES string of the molecule is CCC#Cc1cccc2c(-c3ccccc3)c3ccccc3c(-c3ccccc3)c12. The molecule has 0 nitrogen and oxygen atoms in total. The summed E-state index contributed by atoms with van der Waals surface area (Å²) >= 11 is 0. The van der Waals surface area contributed by atoms with Crippen molar-refractivity contribution in [2.45, 2.75) is 13.3 Å². The van der Waals surface area contributed by atoms with Gasteiger partial charge in [-0.25, -0.2) is 0 Å². The molecule has 142 valence electrons. The summed E-state index contributed by atoms with van der Waals surface area (Å²) in [5.41, 5.74) is 6.10. The van der Waals surface area contributed by atoms with Crippen LogP contribution in [0.5, 0.6) is 0 Å². The maximum atomic E-state index is 3.44. The molecule has 0 fully saturated rings. The van der Waals surface area contributed by atoms with Crippen LogP contribution in [0.3, 0.4) is 0 Å². The molecule has 0 radical (unpaired) electrons. The van der Waals surface area contributed by atoms with Crippen LogP contribution >= 0.6 is 0 Å². The normalized spacial score (nSPS) is 10.7. The highest BCUT2D eigenvalue weighted by Crippen LogP contribution is 2.44. The summed E-state index contributed by atoms with van der Waals surface area (Å²) in [5.74, 6) is 6.73. The first kappa shape index (κ1) is 18.2. The molecule has 0 heteroatoms. The average molecular weight is 383 g/mol. The molecule has 0 atom stereocenters.